The first-order chi connectivity index (χ1) is 11.3. The van der Waals surface area contributed by atoms with Crippen molar-refractivity contribution in [2.24, 2.45) is 0 Å². The molecule has 1 heterocycles. The molecular weight excluding hydrogens is 303 g/mol. The van der Waals surface area contributed by atoms with Crippen LogP contribution in [-0.2, 0) is 4.57 Å². The molecule has 1 atom stereocenters. The lowest BCUT2D eigenvalue weighted by molar-refractivity contribution is 0.501. The summed E-state index contributed by atoms with van der Waals surface area (Å²) in [6, 6.07) is 25.3. The lowest BCUT2D eigenvalue weighted by Gasteiger charge is -2.26. The molecule has 2 nitrogen and oxygen atoms in total. The molecule has 1 aliphatic rings. The number of benzene rings is 3. The molecule has 3 aromatic rings. The van der Waals surface area contributed by atoms with Gasteiger partial charge in [0.15, 0.2) is 0 Å². The van der Waals surface area contributed by atoms with Gasteiger partial charge in [0.05, 0.1) is 5.30 Å². The number of hydrogen-bond donors (Lipinski definition) is 0. The van der Waals surface area contributed by atoms with Gasteiger partial charge < -0.3 is 4.52 Å². The number of fused-ring (bicyclic) bond motifs is 3. The lowest BCUT2D eigenvalue weighted by atomic mass is 10.0. The first-order valence-corrected chi connectivity index (χ1v) is 9.18. The molecule has 0 N–H and O–H groups in total. The SMILES string of the molecule is O=P1(/C=C/c2ccccc2)Oc2ccccc2-c2ccccc21. The van der Waals surface area contributed by atoms with E-state index in [9.17, 15) is 4.57 Å². The Morgan fingerprint density at radius 3 is 2.22 bits per heavy atom. The molecule has 4 rings (SSSR count). The van der Waals surface area contributed by atoms with Gasteiger partial charge in [0.2, 0.25) is 0 Å². The van der Waals surface area contributed by atoms with Crippen LogP contribution >= 0.6 is 7.37 Å². The van der Waals surface area contributed by atoms with E-state index in [1.54, 1.807) is 5.82 Å². The minimum atomic E-state index is -3.08. The third-order valence-corrected chi connectivity index (χ3v) is 5.98. The Bertz CT molecular complexity index is 929. The smallest absolute Gasteiger partial charge is 0.300 e. The van der Waals surface area contributed by atoms with Gasteiger partial charge in [0, 0.05) is 11.4 Å². The monoisotopic (exact) mass is 318 g/mol. The summed E-state index contributed by atoms with van der Waals surface area (Å²) in [6.45, 7) is 0. The zero-order valence-electron chi connectivity index (χ0n) is 12.4. The van der Waals surface area contributed by atoms with Crippen molar-refractivity contribution in [3.8, 4) is 16.9 Å². The summed E-state index contributed by atoms with van der Waals surface area (Å²) >= 11 is 0. The standard InChI is InChI=1S/C20H15O2P/c21-23(15-14-16-8-2-1-3-9-16)20-13-7-5-11-18(20)17-10-4-6-12-19(17)22-23/h1-15H/b15-14+. The maximum atomic E-state index is 13.5. The predicted molar refractivity (Wildman–Crippen MR) is 95.2 cm³/mol. The molecule has 0 radical (unpaired) electrons. The molecule has 0 aromatic heterocycles. The Morgan fingerprint density at radius 2 is 1.39 bits per heavy atom. The molecule has 0 saturated heterocycles. The average Bonchev–Trinajstić information content (AvgIpc) is 2.61. The largest absolute Gasteiger partial charge is 0.437 e. The van der Waals surface area contributed by atoms with E-state index in [4.69, 9.17) is 4.52 Å². The van der Waals surface area contributed by atoms with Crippen molar-refractivity contribution in [1.82, 2.24) is 0 Å². The second-order valence-electron chi connectivity index (χ2n) is 5.43. The van der Waals surface area contributed by atoms with E-state index in [2.05, 4.69) is 0 Å². The molecule has 0 bridgehead atoms. The van der Waals surface area contributed by atoms with Crippen LogP contribution in [0.2, 0.25) is 0 Å². The zero-order chi connectivity index (χ0) is 15.7. The Morgan fingerprint density at radius 1 is 0.739 bits per heavy atom. The van der Waals surface area contributed by atoms with Gasteiger partial charge in [0.1, 0.15) is 5.75 Å². The summed E-state index contributed by atoms with van der Waals surface area (Å²) in [5.41, 5.74) is 2.97. The molecule has 0 amide bonds. The molecule has 0 saturated carbocycles. The highest BCUT2D eigenvalue weighted by molar-refractivity contribution is 7.71. The number of hydrogen-bond acceptors (Lipinski definition) is 2. The van der Waals surface area contributed by atoms with Crippen molar-refractivity contribution < 1.29 is 9.09 Å². The fraction of sp³-hybridized carbons (Fsp3) is 0. The van der Waals surface area contributed by atoms with E-state index in [-0.39, 0.29) is 0 Å². The Balaban J connectivity index is 1.84. The van der Waals surface area contributed by atoms with Crippen LogP contribution < -0.4 is 9.83 Å². The number of para-hydroxylation sites is 1. The number of rotatable bonds is 2. The van der Waals surface area contributed by atoms with Crippen LogP contribution in [0.1, 0.15) is 5.56 Å². The summed E-state index contributed by atoms with van der Waals surface area (Å²) in [5, 5.41) is 0.755. The van der Waals surface area contributed by atoms with Crippen molar-refractivity contribution in [2.75, 3.05) is 0 Å². The van der Waals surface area contributed by atoms with Gasteiger partial charge in [-0.15, -0.1) is 0 Å². The van der Waals surface area contributed by atoms with Gasteiger partial charge >= 0.3 is 0 Å². The van der Waals surface area contributed by atoms with E-state index in [0.29, 0.717) is 5.75 Å². The van der Waals surface area contributed by atoms with E-state index in [1.165, 1.54) is 0 Å². The minimum Gasteiger partial charge on any atom is -0.437 e. The highest BCUT2D eigenvalue weighted by atomic mass is 31.2. The Labute approximate surface area is 135 Å². The van der Waals surface area contributed by atoms with E-state index in [1.807, 2.05) is 84.9 Å². The zero-order valence-corrected chi connectivity index (χ0v) is 13.3. The van der Waals surface area contributed by atoms with Crippen LogP contribution in [-0.4, -0.2) is 0 Å². The summed E-state index contributed by atoms with van der Waals surface area (Å²) < 4.78 is 19.4. The summed E-state index contributed by atoms with van der Waals surface area (Å²) in [5.74, 6) is 2.38. The van der Waals surface area contributed by atoms with Crippen LogP contribution in [0, 0.1) is 0 Å². The molecule has 0 fully saturated rings. The quantitative estimate of drug-likeness (QED) is 0.598. The molecule has 23 heavy (non-hydrogen) atoms. The maximum Gasteiger partial charge on any atom is 0.300 e. The molecule has 3 aromatic carbocycles. The third-order valence-electron chi connectivity index (χ3n) is 3.91. The van der Waals surface area contributed by atoms with Gasteiger partial charge in [-0.1, -0.05) is 66.7 Å². The Hall–Kier alpha value is -2.57. The van der Waals surface area contributed by atoms with Gasteiger partial charge in [-0.05, 0) is 29.3 Å². The van der Waals surface area contributed by atoms with Crippen molar-refractivity contribution in [3.05, 3.63) is 90.2 Å². The van der Waals surface area contributed by atoms with Crippen LogP contribution in [0.15, 0.2) is 84.7 Å². The molecule has 3 heteroatoms. The van der Waals surface area contributed by atoms with Gasteiger partial charge in [-0.3, -0.25) is 4.57 Å². The Kier molecular flexibility index (Phi) is 3.40. The summed E-state index contributed by atoms with van der Waals surface area (Å²) in [7, 11) is -3.08. The normalized spacial score (nSPS) is 19.0. The van der Waals surface area contributed by atoms with Crippen molar-refractivity contribution in [1.29, 1.82) is 0 Å². The molecule has 0 aliphatic carbocycles. The molecule has 1 aliphatic heterocycles. The highest BCUT2D eigenvalue weighted by Gasteiger charge is 2.33. The first kappa shape index (κ1) is 14.0. The predicted octanol–water partition coefficient (Wildman–Crippen LogP) is 5.32. The maximum absolute atomic E-state index is 13.5. The van der Waals surface area contributed by atoms with Gasteiger partial charge in [-0.25, -0.2) is 0 Å². The molecular formula is C20H15O2P. The van der Waals surface area contributed by atoms with E-state index in [0.717, 1.165) is 22.0 Å². The second-order valence-corrected chi connectivity index (χ2v) is 7.58. The van der Waals surface area contributed by atoms with Gasteiger partial charge in [-0.2, -0.15) is 0 Å². The van der Waals surface area contributed by atoms with Crippen molar-refractivity contribution in [3.63, 3.8) is 0 Å². The fourth-order valence-electron chi connectivity index (χ4n) is 2.80. The fourth-order valence-corrected chi connectivity index (χ4v) is 4.76. The highest BCUT2D eigenvalue weighted by Crippen LogP contribution is 2.55. The van der Waals surface area contributed by atoms with Crippen molar-refractivity contribution >= 4 is 18.7 Å². The third kappa shape index (κ3) is 2.52. The van der Waals surface area contributed by atoms with Crippen LogP contribution in [0.4, 0.5) is 0 Å². The lowest BCUT2D eigenvalue weighted by Crippen LogP contribution is -2.16. The summed E-state index contributed by atoms with van der Waals surface area (Å²) in [6.07, 6.45) is 1.87. The van der Waals surface area contributed by atoms with Crippen LogP contribution in [0.5, 0.6) is 5.75 Å². The first-order valence-electron chi connectivity index (χ1n) is 7.49. The van der Waals surface area contributed by atoms with Crippen LogP contribution in [0.3, 0.4) is 0 Å². The second kappa shape index (κ2) is 5.57. The summed E-state index contributed by atoms with van der Waals surface area (Å²) in [4.78, 5) is 0. The minimum absolute atomic E-state index is 0.673. The average molecular weight is 318 g/mol. The van der Waals surface area contributed by atoms with E-state index >= 15 is 0 Å². The van der Waals surface area contributed by atoms with Crippen molar-refractivity contribution in [2.45, 2.75) is 0 Å². The molecule has 0 spiro atoms. The van der Waals surface area contributed by atoms with E-state index < -0.39 is 7.37 Å². The van der Waals surface area contributed by atoms with Crippen LogP contribution in [0.25, 0.3) is 17.2 Å². The van der Waals surface area contributed by atoms with Gasteiger partial charge in [0.25, 0.3) is 7.37 Å². The molecule has 112 valence electrons. The molecule has 1 unspecified atom stereocenters. The topological polar surface area (TPSA) is 26.3 Å².